The molecule has 0 saturated heterocycles. The second-order valence-electron chi connectivity index (χ2n) is 5.22. The molecule has 1 amide bonds. The van der Waals surface area contributed by atoms with Crippen LogP contribution in [0.1, 0.15) is 42.5 Å². The Hall–Kier alpha value is -1.90. The molecule has 0 radical (unpaired) electrons. The Balaban J connectivity index is 1.77. The minimum absolute atomic E-state index is 0.0395. The average molecular weight is 254 g/mol. The third-order valence-electron chi connectivity index (χ3n) is 3.81. The van der Waals surface area contributed by atoms with E-state index in [1.54, 1.807) is 6.20 Å². The molecule has 1 N–H and O–H groups in total. The Labute approximate surface area is 113 Å². The number of pyridine rings is 1. The highest BCUT2D eigenvalue weighted by Crippen LogP contribution is 2.18. The minimum Gasteiger partial charge on any atom is -0.349 e. The van der Waals surface area contributed by atoms with Gasteiger partial charge in [-0.15, -0.1) is 0 Å². The van der Waals surface area contributed by atoms with E-state index in [0.29, 0.717) is 6.04 Å². The van der Waals surface area contributed by atoms with Gasteiger partial charge in [-0.1, -0.05) is 25.3 Å². The van der Waals surface area contributed by atoms with Crippen LogP contribution in [-0.2, 0) is 0 Å². The van der Waals surface area contributed by atoms with Crippen molar-refractivity contribution in [3.8, 4) is 0 Å². The van der Waals surface area contributed by atoms with Crippen molar-refractivity contribution in [2.24, 2.45) is 0 Å². The fourth-order valence-electron chi connectivity index (χ4n) is 2.73. The summed E-state index contributed by atoms with van der Waals surface area (Å²) in [6.07, 6.45) is 7.75. The van der Waals surface area contributed by atoms with E-state index >= 15 is 0 Å². The summed E-state index contributed by atoms with van der Waals surface area (Å²) in [5, 5.41) is 4.15. The molecule has 3 nitrogen and oxygen atoms in total. The Bertz CT molecular complexity index is 588. The first-order chi connectivity index (χ1) is 9.33. The smallest absolute Gasteiger partial charge is 0.251 e. The molecule has 1 aliphatic rings. The SMILES string of the molecule is O=C(NC1CCCCC1)c1ccc2ncccc2c1. The summed E-state index contributed by atoms with van der Waals surface area (Å²) in [6, 6.07) is 9.91. The van der Waals surface area contributed by atoms with Crippen LogP contribution in [-0.4, -0.2) is 16.9 Å². The van der Waals surface area contributed by atoms with Crippen LogP contribution in [0, 0.1) is 0 Å². The fourth-order valence-corrected chi connectivity index (χ4v) is 2.73. The lowest BCUT2D eigenvalue weighted by atomic mass is 9.95. The quantitative estimate of drug-likeness (QED) is 0.893. The summed E-state index contributed by atoms with van der Waals surface area (Å²) >= 11 is 0. The lowest BCUT2D eigenvalue weighted by molar-refractivity contribution is 0.0928. The Kier molecular flexibility index (Phi) is 3.45. The predicted molar refractivity (Wildman–Crippen MR) is 76.1 cm³/mol. The van der Waals surface area contributed by atoms with Crippen molar-refractivity contribution < 1.29 is 4.79 Å². The first-order valence-electron chi connectivity index (χ1n) is 6.98. The van der Waals surface area contributed by atoms with Gasteiger partial charge in [0.2, 0.25) is 0 Å². The minimum atomic E-state index is 0.0395. The highest BCUT2D eigenvalue weighted by atomic mass is 16.1. The van der Waals surface area contributed by atoms with Gasteiger partial charge in [-0.25, -0.2) is 0 Å². The van der Waals surface area contributed by atoms with Crippen molar-refractivity contribution in [2.45, 2.75) is 38.1 Å². The molecule has 3 rings (SSSR count). The van der Waals surface area contributed by atoms with E-state index in [-0.39, 0.29) is 5.91 Å². The molecule has 0 bridgehead atoms. The summed E-state index contributed by atoms with van der Waals surface area (Å²) in [5.74, 6) is 0.0395. The molecule has 1 aromatic heterocycles. The van der Waals surface area contributed by atoms with Gasteiger partial charge >= 0.3 is 0 Å². The van der Waals surface area contributed by atoms with Crippen LogP contribution in [0.5, 0.6) is 0 Å². The summed E-state index contributed by atoms with van der Waals surface area (Å²) in [7, 11) is 0. The predicted octanol–water partition coefficient (Wildman–Crippen LogP) is 3.30. The standard InChI is InChI=1S/C16H18N2O/c19-16(18-14-6-2-1-3-7-14)13-8-9-15-12(11-13)5-4-10-17-15/h4-5,8-11,14H,1-3,6-7H2,(H,18,19). The molecule has 0 atom stereocenters. The molecular formula is C16H18N2O. The lowest BCUT2D eigenvalue weighted by Crippen LogP contribution is -2.36. The number of fused-ring (bicyclic) bond motifs is 1. The maximum atomic E-state index is 12.2. The summed E-state index contributed by atoms with van der Waals surface area (Å²) in [5.41, 5.74) is 1.66. The van der Waals surface area contributed by atoms with Crippen molar-refractivity contribution in [3.05, 3.63) is 42.1 Å². The number of carbonyl (C=O) groups is 1. The van der Waals surface area contributed by atoms with E-state index in [0.717, 1.165) is 29.3 Å². The molecule has 0 unspecified atom stereocenters. The number of hydrogen-bond acceptors (Lipinski definition) is 2. The fraction of sp³-hybridized carbons (Fsp3) is 0.375. The van der Waals surface area contributed by atoms with Gasteiger partial charge in [-0.05, 0) is 37.1 Å². The third kappa shape index (κ3) is 2.75. The lowest BCUT2D eigenvalue weighted by Gasteiger charge is -2.22. The van der Waals surface area contributed by atoms with Crippen LogP contribution >= 0.6 is 0 Å². The maximum absolute atomic E-state index is 12.2. The molecule has 1 aromatic carbocycles. The second kappa shape index (κ2) is 5.39. The van der Waals surface area contributed by atoms with Gasteiger partial charge in [0.25, 0.3) is 5.91 Å². The summed E-state index contributed by atoms with van der Waals surface area (Å²) < 4.78 is 0. The van der Waals surface area contributed by atoms with Crippen molar-refractivity contribution in [3.63, 3.8) is 0 Å². The molecule has 1 saturated carbocycles. The van der Waals surface area contributed by atoms with E-state index in [1.165, 1.54) is 19.3 Å². The zero-order chi connectivity index (χ0) is 13.1. The van der Waals surface area contributed by atoms with Crippen molar-refractivity contribution in [2.75, 3.05) is 0 Å². The van der Waals surface area contributed by atoms with Gasteiger partial charge < -0.3 is 5.32 Å². The average Bonchev–Trinajstić information content (AvgIpc) is 2.48. The topological polar surface area (TPSA) is 42.0 Å². The van der Waals surface area contributed by atoms with E-state index in [1.807, 2.05) is 30.3 Å². The van der Waals surface area contributed by atoms with Gasteiger partial charge in [0, 0.05) is 23.2 Å². The van der Waals surface area contributed by atoms with Crippen LogP contribution in [0.25, 0.3) is 10.9 Å². The number of nitrogens with zero attached hydrogens (tertiary/aromatic N) is 1. The molecule has 1 fully saturated rings. The largest absolute Gasteiger partial charge is 0.349 e. The van der Waals surface area contributed by atoms with Gasteiger partial charge in [0.05, 0.1) is 5.52 Å². The van der Waals surface area contributed by atoms with Gasteiger partial charge in [0.15, 0.2) is 0 Å². The Morgan fingerprint density at radius 1 is 1.16 bits per heavy atom. The van der Waals surface area contributed by atoms with Crippen LogP contribution in [0.15, 0.2) is 36.5 Å². The highest BCUT2D eigenvalue weighted by Gasteiger charge is 2.16. The molecule has 1 aliphatic carbocycles. The summed E-state index contributed by atoms with van der Waals surface area (Å²) in [6.45, 7) is 0. The van der Waals surface area contributed by atoms with Crippen molar-refractivity contribution >= 4 is 16.8 Å². The van der Waals surface area contributed by atoms with Crippen molar-refractivity contribution in [1.82, 2.24) is 10.3 Å². The number of nitrogens with one attached hydrogen (secondary N) is 1. The molecule has 0 spiro atoms. The highest BCUT2D eigenvalue weighted by molar-refractivity contribution is 5.98. The van der Waals surface area contributed by atoms with Crippen LogP contribution in [0.2, 0.25) is 0 Å². The van der Waals surface area contributed by atoms with E-state index in [4.69, 9.17) is 0 Å². The molecule has 98 valence electrons. The number of benzene rings is 1. The third-order valence-corrected chi connectivity index (χ3v) is 3.81. The van der Waals surface area contributed by atoms with E-state index in [2.05, 4.69) is 10.3 Å². The molecular weight excluding hydrogens is 236 g/mol. The number of carbonyl (C=O) groups excluding carboxylic acids is 1. The number of rotatable bonds is 2. The normalized spacial score (nSPS) is 16.4. The zero-order valence-electron chi connectivity index (χ0n) is 10.9. The summed E-state index contributed by atoms with van der Waals surface area (Å²) in [4.78, 5) is 16.5. The van der Waals surface area contributed by atoms with Gasteiger partial charge in [0.1, 0.15) is 0 Å². The van der Waals surface area contributed by atoms with Crippen LogP contribution < -0.4 is 5.32 Å². The number of amides is 1. The van der Waals surface area contributed by atoms with E-state index in [9.17, 15) is 4.79 Å². The molecule has 0 aliphatic heterocycles. The monoisotopic (exact) mass is 254 g/mol. The first-order valence-corrected chi connectivity index (χ1v) is 6.98. The second-order valence-corrected chi connectivity index (χ2v) is 5.22. The zero-order valence-corrected chi connectivity index (χ0v) is 10.9. The van der Waals surface area contributed by atoms with Crippen LogP contribution in [0.3, 0.4) is 0 Å². The number of hydrogen-bond donors (Lipinski definition) is 1. The van der Waals surface area contributed by atoms with Crippen molar-refractivity contribution in [1.29, 1.82) is 0 Å². The Morgan fingerprint density at radius 3 is 2.84 bits per heavy atom. The first kappa shape index (κ1) is 12.2. The molecule has 1 heterocycles. The molecule has 3 heteroatoms. The Morgan fingerprint density at radius 2 is 2.00 bits per heavy atom. The van der Waals surface area contributed by atoms with Crippen LogP contribution in [0.4, 0.5) is 0 Å². The maximum Gasteiger partial charge on any atom is 0.251 e. The molecule has 19 heavy (non-hydrogen) atoms. The number of aromatic nitrogens is 1. The van der Waals surface area contributed by atoms with Gasteiger partial charge in [-0.2, -0.15) is 0 Å². The van der Waals surface area contributed by atoms with E-state index < -0.39 is 0 Å². The molecule has 2 aromatic rings. The van der Waals surface area contributed by atoms with Gasteiger partial charge in [-0.3, -0.25) is 9.78 Å².